The number of ether oxygens (including phenoxy) is 3. The van der Waals surface area contributed by atoms with E-state index in [-0.39, 0.29) is 13.2 Å². The molecule has 166 valence electrons. The van der Waals surface area contributed by atoms with Crippen LogP contribution in [-0.4, -0.2) is 55.1 Å². The Morgan fingerprint density at radius 1 is 1.00 bits per heavy atom. The molecular formula is C18H33N5O6. The van der Waals surface area contributed by atoms with Crippen LogP contribution in [0.4, 0.5) is 9.59 Å². The Morgan fingerprint density at radius 3 is 2.17 bits per heavy atom. The van der Waals surface area contributed by atoms with Gasteiger partial charge in [-0.2, -0.15) is 0 Å². The topological polar surface area (TPSA) is 152 Å². The van der Waals surface area contributed by atoms with Crippen molar-refractivity contribution in [1.29, 1.82) is 0 Å². The van der Waals surface area contributed by atoms with Gasteiger partial charge in [0.2, 0.25) is 0 Å². The van der Waals surface area contributed by atoms with E-state index in [1.54, 1.807) is 41.5 Å². The number of rotatable bonds is 10. The monoisotopic (exact) mass is 415 g/mol. The molecule has 0 radical (unpaired) electrons. The number of nitrogens with zero attached hydrogens (tertiary/aromatic N) is 3. The summed E-state index contributed by atoms with van der Waals surface area (Å²) >= 11 is 0. The molecule has 0 rings (SSSR count). The Labute approximate surface area is 171 Å². The number of hydrogen-bond donors (Lipinski definition) is 2. The van der Waals surface area contributed by atoms with Crippen molar-refractivity contribution < 1.29 is 28.6 Å². The highest BCUT2D eigenvalue weighted by atomic mass is 16.6. The van der Waals surface area contributed by atoms with Crippen LogP contribution in [-0.2, 0) is 19.0 Å². The van der Waals surface area contributed by atoms with E-state index < -0.39 is 35.4 Å². The molecule has 1 atom stereocenters. The molecule has 0 aromatic carbocycles. The summed E-state index contributed by atoms with van der Waals surface area (Å²) in [7, 11) is 0. The van der Waals surface area contributed by atoms with Crippen molar-refractivity contribution in [3.05, 3.63) is 10.4 Å². The lowest BCUT2D eigenvalue weighted by Crippen LogP contribution is -2.46. The molecule has 0 bridgehead atoms. The van der Waals surface area contributed by atoms with Crippen molar-refractivity contribution in [3.8, 4) is 0 Å². The van der Waals surface area contributed by atoms with Gasteiger partial charge in [-0.15, -0.1) is 0 Å². The zero-order chi connectivity index (χ0) is 22.5. The molecule has 0 aromatic heterocycles. The van der Waals surface area contributed by atoms with Crippen molar-refractivity contribution in [3.63, 3.8) is 0 Å². The summed E-state index contributed by atoms with van der Waals surface area (Å²) in [5.41, 5.74) is 6.75. The summed E-state index contributed by atoms with van der Waals surface area (Å²) in [6.07, 6.45) is 0.102. The highest BCUT2D eigenvalue weighted by Crippen LogP contribution is 2.13. The summed E-state index contributed by atoms with van der Waals surface area (Å²) in [5.74, 6) is -0.547. The third-order valence-corrected chi connectivity index (χ3v) is 3.06. The van der Waals surface area contributed by atoms with Gasteiger partial charge in [-0.05, 0) is 66.3 Å². The first-order valence-corrected chi connectivity index (χ1v) is 9.48. The van der Waals surface area contributed by atoms with Gasteiger partial charge in [0.25, 0.3) is 0 Å². The Bertz CT molecular complexity index is 591. The summed E-state index contributed by atoms with van der Waals surface area (Å²) in [5, 5.41) is 8.34. The van der Waals surface area contributed by atoms with Crippen molar-refractivity contribution in [2.75, 3.05) is 19.7 Å². The highest BCUT2D eigenvalue weighted by Gasteiger charge is 2.28. The van der Waals surface area contributed by atoms with Crippen molar-refractivity contribution >= 4 is 18.2 Å². The number of alkyl carbamates (subject to hydrolysis) is 2. The van der Waals surface area contributed by atoms with Crippen LogP contribution >= 0.6 is 0 Å². The average molecular weight is 415 g/mol. The molecule has 29 heavy (non-hydrogen) atoms. The van der Waals surface area contributed by atoms with E-state index in [1.807, 2.05) is 0 Å². The number of azide groups is 1. The van der Waals surface area contributed by atoms with E-state index in [2.05, 4.69) is 20.7 Å². The van der Waals surface area contributed by atoms with Gasteiger partial charge in [0.1, 0.15) is 17.2 Å². The molecule has 0 heterocycles. The van der Waals surface area contributed by atoms with E-state index in [0.29, 0.717) is 25.8 Å². The van der Waals surface area contributed by atoms with Gasteiger partial charge >= 0.3 is 18.2 Å². The summed E-state index contributed by atoms with van der Waals surface area (Å²) in [4.78, 5) is 38.4. The number of carbonyl (C=O) groups excluding carboxylic acids is 3. The maximum Gasteiger partial charge on any atom is 0.408 e. The minimum atomic E-state index is -0.861. The van der Waals surface area contributed by atoms with Crippen LogP contribution in [0.25, 0.3) is 10.4 Å². The fraction of sp³-hybridized carbons (Fsp3) is 0.833. The number of hydrogen-bond acceptors (Lipinski definition) is 7. The second-order valence-corrected chi connectivity index (χ2v) is 8.25. The van der Waals surface area contributed by atoms with Crippen LogP contribution in [0.1, 0.15) is 60.8 Å². The molecule has 11 nitrogen and oxygen atoms in total. The Hall–Kier alpha value is -2.68. The van der Waals surface area contributed by atoms with Gasteiger partial charge < -0.3 is 24.8 Å². The quantitative estimate of drug-likeness (QED) is 0.139. The molecule has 2 amide bonds. The van der Waals surface area contributed by atoms with Crippen molar-refractivity contribution in [2.45, 2.75) is 78.0 Å². The lowest BCUT2D eigenvalue weighted by Gasteiger charge is -2.26. The average Bonchev–Trinajstić information content (AvgIpc) is 2.54. The van der Waals surface area contributed by atoms with E-state index >= 15 is 0 Å². The predicted molar refractivity (Wildman–Crippen MR) is 106 cm³/mol. The lowest BCUT2D eigenvalue weighted by atomic mass is 10.1. The SMILES string of the molecule is CC(C)(C)OC(=O)N[C@@H](CCCCNC(=O)OCCN=[N+]=[N-])C(=O)OC(C)(C)C. The second-order valence-electron chi connectivity index (χ2n) is 8.25. The molecule has 0 saturated carbocycles. The van der Waals surface area contributed by atoms with Crippen LogP contribution in [0.2, 0.25) is 0 Å². The molecule has 0 saturated heterocycles. The predicted octanol–water partition coefficient (Wildman–Crippen LogP) is 3.43. The minimum Gasteiger partial charge on any atom is -0.458 e. The Balaban J connectivity index is 4.46. The van der Waals surface area contributed by atoms with E-state index in [0.717, 1.165) is 0 Å². The van der Waals surface area contributed by atoms with E-state index in [4.69, 9.17) is 19.7 Å². The molecule has 0 spiro atoms. The zero-order valence-corrected chi connectivity index (χ0v) is 18.1. The molecule has 0 aliphatic heterocycles. The van der Waals surface area contributed by atoms with Crippen LogP contribution < -0.4 is 10.6 Å². The second kappa shape index (κ2) is 12.7. The van der Waals surface area contributed by atoms with E-state index in [9.17, 15) is 14.4 Å². The van der Waals surface area contributed by atoms with E-state index in [1.165, 1.54) is 0 Å². The highest BCUT2D eigenvalue weighted by molar-refractivity contribution is 5.81. The van der Waals surface area contributed by atoms with Gasteiger partial charge in [-0.25, -0.2) is 14.4 Å². The van der Waals surface area contributed by atoms with Crippen LogP contribution in [0, 0.1) is 0 Å². The maximum atomic E-state index is 12.4. The minimum absolute atomic E-state index is 0.00355. The van der Waals surface area contributed by atoms with Crippen molar-refractivity contribution in [1.82, 2.24) is 10.6 Å². The summed E-state index contributed by atoms with van der Waals surface area (Å²) in [6.45, 7) is 10.8. The number of carbonyl (C=O) groups is 3. The Morgan fingerprint density at radius 2 is 1.62 bits per heavy atom. The molecular weight excluding hydrogens is 382 g/mol. The fourth-order valence-corrected chi connectivity index (χ4v) is 2.01. The third-order valence-electron chi connectivity index (χ3n) is 3.06. The standard InChI is InChI=1S/C18H33N5O6/c1-17(2,3)28-14(24)13(22-16(26)29-18(4,5)6)9-7-8-10-20-15(25)27-12-11-21-23-19/h13H,7-12H2,1-6H3,(H,20,25)(H,22,26)/t13-/m0/s1. The normalized spacial score (nSPS) is 12.2. The molecule has 0 unspecified atom stereocenters. The van der Waals surface area contributed by atoms with Crippen LogP contribution in [0.15, 0.2) is 5.11 Å². The third kappa shape index (κ3) is 16.0. The number of nitrogens with one attached hydrogen (secondary N) is 2. The molecule has 0 fully saturated rings. The van der Waals surface area contributed by atoms with Gasteiger partial charge in [0.05, 0.1) is 13.2 Å². The molecule has 0 aliphatic carbocycles. The van der Waals surface area contributed by atoms with Crippen LogP contribution in [0.3, 0.4) is 0 Å². The number of esters is 1. The first-order chi connectivity index (χ1) is 13.3. The molecule has 0 aliphatic rings. The number of amides is 2. The van der Waals surface area contributed by atoms with Gasteiger partial charge in [0.15, 0.2) is 0 Å². The Kier molecular flexibility index (Phi) is 11.5. The maximum absolute atomic E-state index is 12.4. The first-order valence-electron chi connectivity index (χ1n) is 9.48. The van der Waals surface area contributed by atoms with Gasteiger partial charge in [-0.1, -0.05) is 5.11 Å². The molecule has 0 aromatic rings. The fourth-order valence-electron chi connectivity index (χ4n) is 2.01. The molecule has 2 N–H and O–H groups in total. The zero-order valence-electron chi connectivity index (χ0n) is 18.1. The summed E-state index contributed by atoms with van der Waals surface area (Å²) < 4.78 is 15.4. The largest absolute Gasteiger partial charge is 0.458 e. The van der Waals surface area contributed by atoms with Crippen molar-refractivity contribution in [2.24, 2.45) is 5.11 Å². The molecule has 11 heteroatoms. The summed E-state index contributed by atoms with van der Waals surface area (Å²) in [6, 6.07) is -0.861. The first kappa shape index (κ1) is 26.3. The van der Waals surface area contributed by atoms with Gasteiger partial charge in [0, 0.05) is 11.5 Å². The lowest BCUT2D eigenvalue weighted by molar-refractivity contribution is -0.157. The smallest absolute Gasteiger partial charge is 0.408 e. The van der Waals surface area contributed by atoms with Gasteiger partial charge in [-0.3, -0.25) is 0 Å². The number of unbranched alkanes of at least 4 members (excludes halogenated alkanes) is 1. The van der Waals surface area contributed by atoms with Crippen LogP contribution in [0.5, 0.6) is 0 Å².